The Hall–Kier alpha value is -1.00. The quantitative estimate of drug-likeness (QED) is 0.934. The van der Waals surface area contributed by atoms with Gasteiger partial charge in [0.25, 0.3) is 0 Å². The summed E-state index contributed by atoms with van der Waals surface area (Å²) < 4.78 is 2.83. The van der Waals surface area contributed by atoms with Gasteiger partial charge in [-0.1, -0.05) is 46.6 Å². The fourth-order valence-electron chi connectivity index (χ4n) is 1.83. The van der Waals surface area contributed by atoms with Crippen molar-refractivity contribution in [2.45, 2.75) is 19.4 Å². The number of nitrogens with two attached hydrogens (primary N) is 1. The topological polar surface area (TPSA) is 43.8 Å². The largest absolute Gasteiger partial charge is 0.383 e. The maximum Gasteiger partial charge on any atom is 0.141 e. The molecule has 1 atom stereocenters. The molecule has 0 saturated carbocycles. The Morgan fingerprint density at radius 3 is 2.53 bits per heavy atom. The van der Waals surface area contributed by atoms with Crippen molar-refractivity contribution in [1.82, 2.24) is 9.78 Å². The van der Waals surface area contributed by atoms with E-state index in [1.54, 1.807) is 10.9 Å². The highest BCUT2D eigenvalue weighted by molar-refractivity contribution is 9.10. The van der Waals surface area contributed by atoms with E-state index in [4.69, 9.17) is 17.3 Å². The molecule has 0 bridgehead atoms. The molecule has 0 radical (unpaired) electrons. The highest BCUT2D eigenvalue weighted by Gasteiger charge is 2.16. The minimum Gasteiger partial charge on any atom is -0.383 e. The van der Waals surface area contributed by atoms with Crippen molar-refractivity contribution in [3.8, 4) is 0 Å². The first-order valence-corrected chi connectivity index (χ1v) is 6.54. The highest BCUT2D eigenvalue weighted by Crippen LogP contribution is 2.28. The molecule has 90 valence electrons. The van der Waals surface area contributed by atoms with Gasteiger partial charge in [-0.2, -0.15) is 5.10 Å². The van der Waals surface area contributed by atoms with Crippen molar-refractivity contribution in [1.29, 1.82) is 0 Å². The zero-order chi connectivity index (χ0) is 12.4. The maximum absolute atomic E-state index is 5.93. The predicted octanol–water partition coefficient (Wildman–Crippen LogP) is 3.88. The lowest BCUT2D eigenvalue weighted by molar-refractivity contribution is 0.516. The molecule has 0 aliphatic heterocycles. The van der Waals surface area contributed by atoms with E-state index in [2.05, 4.69) is 40.1 Å². The van der Waals surface area contributed by atoms with Crippen LogP contribution in [0, 0.1) is 0 Å². The van der Waals surface area contributed by atoms with Crippen LogP contribution in [0.15, 0.2) is 34.9 Å². The van der Waals surface area contributed by atoms with Crippen LogP contribution in [0.4, 0.5) is 5.82 Å². The van der Waals surface area contributed by atoms with E-state index in [1.807, 2.05) is 12.1 Å². The second kappa shape index (κ2) is 5.10. The summed E-state index contributed by atoms with van der Waals surface area (Å²) in [6.07, 6.45) is 2.49. The molecule has 1 unspecified atom stereocenters. The summed E-state index contributed by atoms with van der Waals surface area (Å²) in [5.74, 6) is 0.515. The lowest BCUT2D eigenvalue weighted by Crippen LogP contribution is -2.13. The van der Waals surface area contributed by atoms with Gasteiger partial charge in [-0.25, -0.2) is 4.68 Å². The summed E-state index contributed by atoms with van der Waals surface area (Å²) in [5, 5.41) is 4.73. The second-order valence-electron chi connectivity index (χ2n) is 3.80. The van der Waals surface area contributed by atoms with Gasteiger partial charge in [0.05, 0.1) is 12.2 Å². The molecule has 1 aromatic heterocycles. The predicted molar refractivity (Wildman–Crippen MR) is 74.2 cm³/mol. The van der Waals surface area contributed by atoms with Crippen LogP contribution in [-0.2, 0) is 0 Å². The van der Waals surface area contributed by atoms with Crippen molar-refractivity contribution < 1.29 is 0 Å². The van der Waals surface area contributed by atoms with Crippen LogP contribution >= 0.6 is 27.5 Å². The number of hydrogen-bond acceptors (Lipinski definition) is 2. The normalized spacial score (nSPS) is 12.6. The Morgan fingerprint density at radius 1 is 1.41 bits per heavy atom. The molecule has 1 heterocycles. The zero-order valence-corrected chi connectivity index (χ0v) is 11.7. The average Bonchev–Trinajstić information content (AvgIpc) is 2.65. The fourth-order valence-corrected chi connectivity index (χ4v) is 2.23. The van der Waals surface area contributed by atoms with Gasteiger partial charge in [-0.15, -0.1) is 0 Å². The van der Waals surface area contributed by atoms with Gasteiger partial charge in [0.15, 0.2) is 0 Å². The smallest absolute Gasteiger partial charge is 0.141 e. The number of nitrogen functional groups attached to an aromatic ring is 1. The first kappa shape index (κ1) is 12.5. The number of halogens is 2. The van der Waals surface area contributed by atoms with Gasteiger partial charge in [-0.3, -0.25) is 0 Å². The third-order valence-corrected chi connectivity index (χ3v) is 3.54. The van der Waals surface area contributed by atoms with E-state index in [0.29, 0.717) is 10.8 Å². The van der Waals surface area contributed by atoms with E-state index < -0.39 is 0 Å². The van der Waals surface area contributed by atoms with E-state index in [-0.39, 0.29) is 6.04 Å². The summed E-state index contributed by atoms with van der Waals surface area (Å²) in [6.45, 7) is 2.10. The summed E-state index contributed by atoms with van der Waals surface area (Å²) in [5.41, 5.74) is 7.07. The molecule has 0 amide bonds. The number of benzene rings is 1. The summed E-state index contributed by atoms with van der Waals surface area (Å²) in [7, 11) is 0. The lowest BCUT2D eigenvalue weighted by Gasteiger charge is -2.17. The molecular formula is C12H13BrClN3. The van der Waals surface area contributed by atoms with Crippen molar-refractivity contribution in [2.24, 2.45) is 0 Å². The van der Waals surface area contributed by atoms with Crippen molar-refractivity contribution in [3.05, 3.63) is 45.5 Å². The van der Waals surface area contributed by atoms with Crippen molar-refractivity contribution >= 4 is 33.3 Å². The minimum absolute atomic E-state index is 0.121. The molecule has 0 aliphatic carbocycles. The number of rotatable bonds is 3. The Balaban J connectivity index is 2.40. The molecule has 2 aromatic rings. The Morgan fingerprint density at radius 2 is 2.06 bits per heavy atom. The maximum atomic E-state index is 5.93. The third-order valence-electron chi connectivity index (χ3n) is 2.72. The van der Waals surface area contributed by atoms with Crippen LogP contribution in [0.2, 0.25) is 5.02 Å². The van der Waals surface area contributed by atoms with Gasteiger partial charge in [0.2, 0.25) is 0 Å². The molecule has 0 aliphatic rings. The zero-order valence-electron chi connectivity index (χ0n) is 9.40. The second-order valence-corrected chi connectivity index (χ2v) is 5.12. The molecule has 0 fully saturated rings. The van der Waals surface area contributed by atoms with Crippen molar-refractivity contribution in [2.75, 3.05) is 5.73 Å². The molecule has 2 N–H and O–H groups in total. The Kier molecular flexibility index (Phi) is 3.74. The molecule has 0 saturated heterocycles. The molecule has 17 heavy (non-hydrogen) atoms. The number of nitrogens with zero attached hydrogens (tertiary/aromatic N) is 2. The molecular weight excluding hydrogens is 302 g/mol. The molecule has 2 rings (SSSR count). The number of aromatic nitrogens is 2. The van der Waals surface area contributed by atoms with E-state index in [9.17, 15) is 0 Å². The van der Waals surface area contributed by atoms with Crippen LogP contribution in [0.3, 0.4) is 0 Å². The first-order chi connectivity index (χ1) is 8.13. The Labute approximate surface area is 114 Å². The summed E-state index contributed by atoms with van der Waals surface area (Å²) in [4.78, 5) is 0. The monoisotopic (exact) mass is 313 g/mol. The van der Waals surface area contributed by atoms with Crippen LogP contribution in [0.25, 0.3) is 0 Å². The summed E-state index contributed by atoms with van der Waals surface area (Å²) in [6, 6.07) is 8.27. The van der Waals surface area contributed by atoms with Crippen molar-refractivity contribution in [3.63, 3.8) is 0 Å². The van der Waals surface area contributed by atoms with E-state index >= 15 is 0 Å². The molecule has 5 heteroatoms. The van der Waals surface area contributed by atoms with E-state index in [0.717, 1.165) is 10.9 Å². The lowest BCUT2D eigenvalue weighted by atomic mass is 10.1. The summed E-state index contributed by atoms with van der Waals surface area (Å²) >= 11 is 9.35. The van der Waals surface area contributed by atoms with Crippen LogP contribution in [0.5, 0.6) is 0 Å². The van der Waals surface area contributed by atoms with Gasteiger partial charge in [0, 0.05) is 4.47 Å². The first-order valence-electron chi connectivity index (χ1n) is 5.37. The fraction of sp³-hybridized carbons (Fsp3) is 0.250. The minimum atomic E-state index is 0.121. The average molecular weight is 315 g/mol. The standard InChI is InChI=1S/C12H13BrClN3/c1-2-11(8-3-5-9(13)6-4-8)17-12(15)10(14)7-16-17/h3-7,11H,2,15H2,1H3. The van der Waals surface area contributed by atoms with Gasteiger partial charge < -0.3 is 5.73 Å². The van der Waals surface area contributed by atoms with Crippen LogP contribution in [0.1, 0.15) is 24.9 Å². The van der Waals surface area contributed by atoms with Gasteiger partial charge in [0.1, 0.15) is 10.8 Å². The van der Waals surface area contributed by atoms with Crippen LogP contribution in [-0.4, -0.2) is 9.78 Å². The SMILES string of the molecule is CCC(c1ccc(Br)cc1)n1ncc(Cl)c1N. The third kappa shape index (κ3) is 2.48. The van der Waals surface area contributed by atoms with Gasteiger partial charge >= 0.3 is 0 Å². The molecule has 3 nitrogen and oxygen atoms in total. The van der Waals surface area contributed by atoms with Crippen LogP contribution < -0.4 is 5.73 Å². The highest BCUT2D eigenvalue weighted by atomic mass is 79.9. The van der Waals surface area contributed by atoms with E-state index in [1.165, 1.54) is 5.56 Å². The number of hydrogen-bond donors (Lipinski definition) is 1. The Bertz CT molecular complexity index is 507. The molecule has 0 spiro atoms. The molecule has 1 aromatic carbocycles. The van der Waals surface area contributed by atoms with Gasteiger partial charge in [-0.05, 0) is 24.1 Å². The number of anilines is 1.